The third-order valence-electron chi connectivity index (χ3n) is 4.77. The van der Waals surface area contributed by atoms with Crippen LogP contribution in [0.2, 0.25) is 0 Å². The minimum atomic E-state index is -3.10. The fraction of sp³-hybridized carbons (Fsp3) is 0.389. The smallest absolute Gasteiger partial charge is 0.266 e. The highest BCUT2D eigenvalue weighted by atomic mass is 32.2. The van der Waals surface area contributed by atoms with Gasteiger partial charge in [0.05, 0.1) is 16.4 Å². The Hall–Kier alpha value is -1.71. The molecule has 0 radical (unpaired) electrons. The molecule has 1 aromatic rings. The lowest BCUT2D eigenvalue weighted by molar-refractivity contribution is -0.139. The maximum absolute atomic E-state index is 12.8. The van der Waals surface area contributed by atoms with Crippen molar-refractivity contribution in [1.29, 1.82) is 0 Å². The van der Waals surface area contributed by atoms with Crippen molar-refractivity contribution in [3.05, 3.63) is 40.8 Å². The van der Waals surface area contributed by atoms with Crippen molar-refractivity contribution in [2.75, 3.05) is 18.6 Å². The molecule has 27 heavy (non-hydrogen) atoms. The molecule has 2 fully saturated rings. The molecule has 2 heterocycles. The molecule has 3 rings (SSSR count). The summed E-state index contributed by atoms with van der Waals surface area (Å²) in [7, 11) is -1.51. The molecule has 0 N–H and O–H groups in total. The summed E-state index contributed by atoms with van der Waals surface area (Å²) in [5, 5.41) is 0. The Morgan fingerprint density at radius 3 is 2.63 bits per heavy atom. The highest BCUT2D eigenvalue weighted by molar-refractivity contribution is 8.26. The third kappa shape index (κ3) is 4.25. The largest absolute Gasteiger partial charge is 0.340 e. The number of thiocarbonyl (C=S) groups is 1. The first-order valence-corrected chi connectivity index (χ1v) is 11.5. The molecule has 9 heteroatoms. The molecule has 0 saturated carbocycles. The van der Waals surface area contributed by atoms with Gasteiger partial charge < -0.3 is 4.90 Å². The minimum absolute atomic E-state index is 0.0335. The molecule has 2 amide bonds. The van der Waals surface area contributed by atoms with E-state index in [1.165, 1.54) is 21.6 Å². The number of carbonyl (C=O) groups excluding carboxylic acids is 2. The van der Waals surface area contributed by atoms with Crippen LogP contribution in [0.4, 0.5) is 0 Å². The van der Waals surface area contributed by atoms with Gasteiger partial charge in [-0.05, 0) is 25.0 Å². The Morgan fingerprint density at radius 1 is 1.37 bits per heavy atom. The summed E-state index contributed by atoms with van der Waals surface area (Å²) in [5.74, 6) is -0.560. The zero-order chi connectivity index (χ0) is 19.8. The first-order chi connectivity index (χ1) is 12.7. The van der Waals surface area contributed by atoms with Gasteiger partial charge in [-0.2, -0.15) is 0 Å². The van der Waals surface area contributed by atoms with Crippen molar-refractivity contribution >= 4 is 56.0 Å². The van der Waals surface area contributed by atoms with Crippen LogP contribution < -0.4 is 0 Å². The van der Waals surface area contributed by atoms with E-state index in [1.807, 2.05) is 30.3 Å². The van der Waals surface area contributed by atoms with Crippen LogP contribution in [-0.4, -0.2) is 65.0 Å². The van der Waals surface area contributed by atoms with E-state index in [2.05, 4.69) is 0 Å². The molecule has 0 unspecified atom stereocenters. The molecule has 2 aliphatic rings. The molecule has 144 valence electrons. The fourth-order valence-electron chi connectivity index (χ4n) is 3.18. The van der Waals surface area contributed by atoms with Crippen LogP contribution in [0.25, 0.3) is 6.08 Å². The van der Waals surface area contributed by atoms with Gasteiger partial charge in [0.15, 0.2) is 9.84 Å². The van der Waals surface area contributed by atoms with Crippen LogP contribution >= 0.6 is 24.0 Å². The number of amides is 2. The first kappa shape index (κ1) is 20.0. The standard InChI is InChI=1S/C18H20N2O4S3/c1-12(16(21)19(2)14-8-9-27(23,24)11-14)20-17(22)15(26-18(20)25)10-13-6-4-3-5-7-13/h3-7,10,12,14H,8-9,11H2,1-2H3/b15-10+/t12-,14+/m1/s1. The Balaban J connectivity index is 1.75. The second-order valence-corrected chi connectivity index (χ2v) is 10.5. The SMILES string of the molecule is C[C@H](C(=O)N(C)[C@H]1CCS(=O)(=O)C1)N1C(=O)/C(=C\c2ccccc2)SC1=S. The van der Waals surface area contributed by atoms with E-state index in [4.69, 9.17) is 12.2 Å². The Bertz CT molecular complexity index is 912. The molecular weight excluding hydrogens is 404 g/mol. The quantitative estimate of drug-likeness (QED) is 0.543. The topological polar surface area (TPSA) is 74.8 Å². The molecule has 0 spiro atoms. The van der Waals surface area contributed by atoms with Gasteiger partial charge in [-0.15, -0.1) is 0 Å². The van der Waals surface area contributed by atoms with Gasteiger partial charge in [0.25, 0.3) is 5.91 Å². The van der Waals surface area contributed by atoms with E-state index < -0.39 is 15.9 Å². The van der Waals surface area contributed by atoms with E-state index in [1.54, 1.807) is 20.0 Å². The monoisotopic (exact) mass is 424 g/mol. The van der Waals surface area contributed by atoms with E-state index in [0.29, 0.717) is 15.6 Å². The molecule has 2 aliphatic heterocycles. The highest BCUT2D eigenvalue weighted by Gasteiger charge is 2.41. The number of hydrogen-bond acceptors (Lipinski definition) is 6. The average molecular weight is 425 g/mol. The van der Waals surface area contributed by atoms with Gasteiger partial charge in [0, 0.05) is 13.1 Å². The first-order valence-electron chi connectivity index (χ1n) is 8.49. The molecule has 0 bridgehead atoms. The third-order valence-corrected chi connectivity index (χ3v) is 7.85. The molecule has 1 aromatic carbocycles. The van der Waals surface area contributed by atoms with Crippen LogP contribution in [0.3, 0.4) is 0 Å². The lowest BCUT2D eigenvalue weighted by Gasteiger charge is -2.30. The van der Waals surface area contributed by atoms with Crippen molar-refractivity contribution < 1.29 is 18.0 Å². The van der Waals surface area contributed by atoms with Crippen LogP contribution in [0.5, 0.6) is 0 Å². The summed E-state index contributed by atoms with van der Waals surface area (Å²) in [6, 6.07) is 8.27. The number of likely N-dealkylation sites (N-methyl/N-ethyl adjacent to an activating group) is 1. The maximum atomic E-state index is 12.8. The summed E-state index contributed by atoms with van der Waals surface area (Å²) in [4.78, 5) is 28.9. The Kier molecular flexibility index (Phi) is 5.73. The van der Waals surface area contributed by atoms with E-state index >= 15 is 0 Å². The van der Waals surface area contributed by atoms with E-state index in [9.17, 15) is 18.0 Å². The van der Waals surface area contributed by atoms with Crippen molar-refractivity contribution in [3.8, 4) is 0 Å². The van der Waals surface area contributed by atoms with Crippen molar-refractivity contribution in [2.24, 2.45) is 0 Å². The Labute approximate surface area is 168 Å². The second-order valence-electron chi connectivity index (χ2n) is 6.64. The Morgan fingerprint density at radius 2 is 2.04 bits per heavy atom. The summed E-state index contributed by atoms with van der Waals surface area (Å²) in [6.45, 7) is 1.62. The van der Waals surface area contributed by atoms with Crippen molar-refractivity contribution in [3.63, 3.8) is 0 Å². The predicted octanol–water partition coefficient (Wildman–Crippen LogP) is 1.92. The maximum Gasteiger partial charge on any atom is 0.266 e. The van der Waals surface area contributed by atoms with Crippen LogP contribution in [0, 0.1) is 0 Å². The normalized spacial score (nSPS) is 24.4. The molecule has 6 nitrogen and oxygen atoms in total. The zero-order valence-electron chi connectivity index (χ0n) is 15.0. The van der Waals surface area contributed by atoms with Crippen LogP contribution in [-0.2, 0) is 19.4 Å². The predicted molar refractivity (Wildman–Crippen MR) is 111 cm³/mol. The number of nitrogens with zero attached hydrogens (tertiary/aromatic N) is 2. The van der Waals surface area contributed by atoms with Crippen LogP contribution in [0.15, 0.2) is 35.2 Å². The summed E-state index contributed by atoms with van der Waals surface area (Å²) in [6.07, 6.45) is 2.17. The zero-order valence-corrected chi connectivity index (χ0v) is 17.4. The summed E-state index contributed by atoms with van der Waals surface area (Å²) in [5.41, 5.74) is 0.880. The molecule has 0 aliphatic carbocycles. The van der Waals surface area contributed by atoms with E-state index in [0.717, 1.165) is 5.56 Å². The molecular formula is C18H20N2O4S3. The number of sulfone groups is 1. The van der Waals surface area contributed by atoms with Crippen molar-refractivity contribution in [1.82, 2.24) is 9.80 Å². The summed E-state index contributed by atoms with van der Waals surface area (Å²) < 4.78 is 23.7. The van der Waals surface area contributed by atoms with Crippen molar-refractivity contribution in [2.45, 2.75) is 25.4 Å². The number of rotatable bonds is 4. The lowest BCUT2D eigenvalue weighted by atomic mass is 10.1. The van der Waals surface area contributed by atoms with Gasteiger partial charge in [-0.25, -0.2) is 8.42 Å². The van der Waals surface area contributed by atoms with Gasteiger partial charge >= 0.3 is 0 Å². The molecule has 0 aromatic heterocycles. The summed E-state index contributed by atoms with van der Waals surface area (Å²) >= 11 is 6.49. The number of carbonyl (C=O) groups is 2. The highest BCUT2D eigenvalue weighted by Crippen LogP contribution is 2.34. The van der Waals surface area contributed by atoms with Crippen LogP contribution in [0.1, 0.15) is 18.9 Å². The minimum Gasteiger partial charge on any atom is -0.340 e. The molecule has 2 atom stereocenters. The lowest BCUT2D eigenvalue weighted by Crippen LogP contribution is -2.50. The van der Waals surface area contributed by atoms with Gasteiger partial charge in [-0.3, -0.25) is 14.5 Å². The number of thioether (sulfide) groups is 1. The van der Waals surface area contributed by atoms with Gasteiger partial charge in [0.2, 0.25) is 5.91 Å². The molecule has 2 saturated heterocycles. The average Bonchev–Trinajstić information content (AvgIpc) is 3.13. The van der Waals surface area contributed by atoms with Gasteiger partial charge in [-0.1, -0.05) is 54.3 Å². The van der Waals surface area contributed by atoms with Gasteiger partial charge in [0.1, 0.15) is 10.4 Å². The fourth-order valence-corrected chi connectivity index (χ4v) is 6.37. The second kappa shape index (κ2) is 7.73. The number of hydrogen-bond donors (Lipinski definition) is 0. The van der Waals surface area contributed by atoms with E-state index in [-0.39, 0.29) is 29.4 Å². The number of benzene rings is 1.